The molecule has 4 rings (SSSR count). The summed E-state index contributed by atoms with van der Waals surface area (Å²) in [5, 5.41) is 12.6. The van der Waals surface area contributed by atoms with Gasteiger partial charge in [-0.05, 0) is 69.1 Å². The van der Waals surface area contributed by atoms with Crippen LogP contribution >= 0.6 is 0 Å². The Morgan fingerprint density at radius 1 is 1.19 bits per heavy atom. The molecule has 7 heteroatoms. The molecule has 7 nitrogen and oxygen atoms in total. The minimum absolute atomic E-state index is 0.0918. The van der Waals surface area contributed by atoms with Gasteiger partial charge >= 0.3 is 11.6 Å². The summed E-state index contributed by atoms with van der Waals surface area (Å²) < 4.78 is 12.0. The molecule has 2 aromatic rings. The quantitative estimate of drug-likeness (QED) is 0.656. The van der Waals surface area contributed by atoms with Gasteiger partial charge in [0.2, 0.25) is 5.91 Å². The minimum atomic E-state index is -1.08. The van der Waals surface area contributed by atoms with Crippen molar-refractivity contribution in [3.8, 4) is 5.75 Å². The zero-order chi connectivity index (χ0) is 22.9. The summed E-state index contributed by atoms with van der Waals surface area (Å²) in [4.78, 5) is 36.5. The van der Waals surface area contributed by atoms with Gasteiger partial charge in [-0.2, -0.15) is 0 Å². The number of aryl methyl sites for hydroxylation is 2. The van der Waals surface area contributed by atoms with Gasteiger partial charge in [-0.1, -0.05) is 19.8 Å². The molecule has 1 atom stereocenters. The average Bonchev–Trinajstić information content (AvgIpc) is 2.76. The highest BCUT2D eigenvalue weighted by molar-refractivity contribution is 5.88. The highest BCUT2D eigenvalue weighted by Crippen LogP contribution is 2.43. The second kappa shape index (κ2) is 8.96. The molecule has 2 N–H and O–H groups in total. The number of hydrogen-bond acceptors (Lipinski definition) is 5. The summed E-state index contributed by atoms with van der Waals surface area (Å²) in [5.74, 6) is -0.784. The number of carbonyl (C=O) groups is 2. The Labute approximate surface area is 187 Å². The number of aliphatic carboxylic acids is 1. The van der Waals surface area contributed by atoms with E-state index in [2.05, 4.69) is 5.32 Å². The fourth-order valence-corrected chi connectivity index (χ4v) is 5.10. The van der Waals surface area contributed by atoms with Gasteiger partial charge in [0.1, 0.15) is 23.0 Å². The van der Waals surface area contributed by atoms with E-state index in [9.17, 15) is 19.5 Å². The summed E-state index contributed by atoms with van der Waals surface area (Å²) in [6.07, 6.45) is 8.41. The molecule has 32 heavy (non-hydrogen) atoms. The molecule has 0 saturated heterocycles. The van der Waals surface area contributed by atoms with E-state index >= 15 is 0 Å². The predicted molar refractivity (Wildman–Crippen MR) is 120 cm³/mol. The van der Waals surface area contributed by atoms with E-state index in [0.29, 0.717) is 24.0 Å². The number of nitrogens with one attached hydrogen (secondary N) is 1. The molecule has 1 aromatic carbocycles. The van der Waals surface area contributed by atoms with Crippen molar-refractivity contribution in [2.45, 2.75) is 89.7 Å². The van der Waals surface area contributed by atoms with E-state index in [1.54, 1.807) is 6.92 Å². The molecule has 2 heterocycles. The van der Waals surface area contributed by atoms with E-state index in [0.717, 1.165) is 42.4 Å². The number of rotatable bonds is 6. The third kappa shape index (κ3) is 4.38. The van der Waals surface area contributed by atoms with Gasteiger partial charge in [0.05, 0.1) is 12.0 Å². The van der Waals surface area contributed by atoms with E-state index in [4.69, 9.17) is 9.15 Å². The summed E-state index contributed by atoms with van der Waals surface area (Å²) >= 11 is 0. The van der Waals surface area contributed by atoms with E-state index in [1.165, 1.54) is 19.3 Å². The Hall–Kier alpha value is -2.83. The molecule has 0 bridgehead atoms. The molecule has 0 unspecified atom stereocenters. The number of carbonyl (C=O) groups excluding carboxylic acids is 1. The predicted octanol–water partition coefficient (Wildman–Crippen LogP) is 4.04. The van der Waals surface area contributed by atoms with Crippen molar-refractivity contribution >= 4 is 22.8 Å². The minimum Gasteiger partial charge on any atom is -0.487 e. The smallest absolute Gasteiger partial charge is 0.340 e. The highest BCUT2D eigenvalue weighted by atomic mass is 16.5. The lowest BCUT2D eigenvalue weighted by Gasteiger charge is -2.41. The Kier molecular flexibility index (Phi) is 6.26. The van der Waals surface area contributed by atoms with Gasteiger partial charge < -0.3 is 19.6 Å². The number of carboxylic acids is 1. The van der Waals surface area contributed by atoms with Gasteiger partial charge in [0, 0.05) is 11.5 Å². The van der Waals surface area contributed by atoms with Crippen LogP contribution in [0.3, 0.4) is 0 Å². The first kappa shape index (κ1) is 22.4. The number of ether oxygens (including phenoxy) is 1. The molecular formula is C25H31NO6. The monoisotopic (exact) mass is 441 g/mol. The Morgan fingerprint density at radius 2 is 1.94 bits per heavy atom. The van der Waals surface area contributed by atoms with Crippen LogP contribution in [0, 0.1) is 6.92 Å². The number of carboxylic acid groups (broad SMARTS) is 1. The molecule has 1 aliphatic heterocycles. The highest BCUT2D eigenvalue weighted by Gasteiger charge is 2.37. The SMILES string of the molecule is CCC[C@H](NC(=O)Cc1c(C)c2cc3c(cc2oc1=O)OC1(CCCCC1)CC3)C(=O)O. The first-order valence-corrected chi connectivity index (χ1v) is 11.6. The molecule has 1 saturated carbocycles. The number of fused-ring (bicyclic) bond motifs is 2. The Morgan fingerprint density at radius 3 is 2.62 bits per heavy atom. The third-order valence-corrected chi connectivity index (χ3v) is 6.96. The lowest BCUT2D eigenvalue weighted by molar-refractivity contribution is -0.141. The van der Waals surface area contributed by atoms with E-state index in [1.807, 2.05) is 19.1 Å². The average molecular weight is 442 g/mol. The van der Waals surface area contributed by atoms with Gasteiger partial charge in [0.25, 0.3) is 0 Å². The van der Waals surface area contributed by atoms with Crippen molar-refractivity contribution in [2.24, 2.45) is 0 Å². The largest absolute Gasteiger partial charge is 0.487 e. The normalized spacial score (nSPS) is 18.1. The molecule has 1 amide bonds. The fraction of sp³-hybridized carbons (Fsp3) is 0.560. The second-order valence-electron chi connectivity index (χ2n) is 9.22. The van der Waals surface area contributed by atoms with Crippen molar-refractivity contribution < 1.29 is 23.8 Å². The standard InChI is InChI=1S/C25H31NO6/c1-3-7-19(23(28)29)26-22(27)13-18-15(2)17-12-16-8-11-25(9-5-4-6-10-25)32-20(16)14-21(17)31-24(18)30/h12,14,19H,3-11,13H2,1-2H3,(H,26,27)(H,28,29)/t19-/m0/s1. The summed E-state index contributed by atoms with van der Waals surface area (Å²) in [6.45, 7) is 3.66. The van der Waals surface area contributed by atoms with E-state index in [-0.39, 0.29) is 17.6 Å². The molecule has 1 aliphatic carbocycles. The lowest BCUT2D eigenvalue weighted by atomic mass is 9.79. The summed E-state index contributed by atoms with van der Waals surface area (Å²) in [5.41, 5.74) is 1.83. The van der Waals surface area contributed by atoms with Crippen LogP contribution in [0.25, 0.3) is 11.0 Å². The Bertz CT molecular complexity index is 1100. The van der Waals surface area contributed by atoms with Crippen LogP contribution in [0.4, 0.5) is 0 Å². The van der Waals surface area contributed by atoms with Crippen LogP contribution in [0.15, 0.2) is 21.3 Å². The Balaban J connectivity index is 1.61. The van der Waals surface area contributed by atoms with Crippen LogP contribution < -0.4 is 15.7 Å². The van der Waals surface area contributed by atoms with Crippen LogP contribution in [0.2, 0.25) is 0 Å². The van der Waals surface area contributed by atoms with E-state index < -0.39 is 23.5 Å². The van der Waals surface area contributed by atoms with Crippen LogP contribution in [0.1, 0.15) is 75.0 Å². The van der Waals surface area contributed by atoms with Crippen molar-refractivity contribution in [1.29, 1.82) is 0 Å². The molecule has 1 fully saturated rings. The zero-order valence-electron chi connectivity index (χ0n) is 18.8. The topological polar surface area (TPSA) is 106 Å². The fourth-order valence-electron chi connectivity index (χ4n) is 5.10. The molecule has 0 radical (unpaired) electrons. The zero-order valence-corrected chi connectivity index (χ0v) is 18.8. The van der Waals surface area contributed by atoms with Crippen LogP contribution in [-0.2, 0) is 22.4 Å². The van der Waals surface area contributed by atoms with Crippen molar-refractivity contribution in [3.63, 3.8) is 0 Å². The molecular weight excluding hydrogens is 410 g/mol. The number of amides is 1. The first-order valence-electron chi connectivity index (χ1n) is 11.6. The molecule has 172 valence electrons. The number of benzene rings is 1. The van der Waals surface area contributed by atoms with Gasteiger partial charge in [-0.3, -0.25) is 4.79 Å². The third-order valence-electron chi connectivity index (χ3n) is 6.96. The molecule has 1 spiro atoms. The van der Waals surface area contributed by atoms with Crippen molar-refractivity contribution in [2.75, 3.05) is 0 Å². The second-order valence-corrected chi connectivity index (χ2v) is 9.22. The molecule has 2 aliphatic rings. The van der Waals surface area contributed by atoms with Crippen LogP contribution in [0.5, 0.6) is 5.75 Å². The lowest BCUT2D eigenvalue weighted by Crippen LogP contribution is -2.42. The molecule has 1 aromatic heterocycles. The van der Waals surface area contributed by atoms with Crippen molar-refractivity contribution in [1.82, 2.24) is 5.32 Å². The number of hydrogen-bond donors (Lipinski definition) is 2. The van der Waals surface area contributed by atoms with Gasteiger partial charge in [-0.15, -0.1) is 0 Å². The maximum atomic E-state index is 12.7. The maximum Gasteiger partial charge on any atom is 0.340 e. The summed E-state index contributed by atoms with van der Waals surface area (Å²) in [6, 6.07) is 2.87. The van der Waals surface area contributed by atoms with Crippen LogP contribution in [-0.4, -0.2) is 28.6 Å². The van der Waals surface area contributed by atoms with Gasteiger partial charge in [0.15, 0.2) is 0 Å². The maximum absolute atomic E-state index is 12.7. The summed E-state index contributed by atoms with van der Waals surface area (Å²) in [7, 11) is 0. The van der Waals surface area contributed by atoms with Crippen molar-refractivity contribution in [3.05, 3.63) is 39.2 Å². The first-order chi connectivity index (χ1) is 15.3. The van der Waals surface area contributed by atoms with Gasteiger partial charge in [-0.25, -0.2) is 9.59 Å².